The molecule has 0 aliphatic carbocycles. The van der Waals surface area contributed by atoms with Gasteiger partial charge in [-0.2, -0.15) is 0 Å². The third kappa shape index (κ3) is 5.64. The molecule has 1 aromatic carbocycles. The molecule has 0 radical (unpaired) electrons. The molecule has 6 heteroatoms. The SMILES string of the molecule is COCCN=C(N)SCc1ccc(Cl)cc1Cl. The predicted octanol–water partition coefficient (Wildman–Crippen LogP) is 3.19. The molecule has 0 atom stereocenters. The van der Waals surface area contributed by atoms with Crippen molar-refractivity contribution in [1.29, 1.82) is 0 Å². The maximum absolute atomic E-state index is 6.04. The topological polar surface area (TPSA) is 47.6 Å². The van der Waals surface area contributed by atoms with Gasteiger partial charge >= 0.3 is 0 Å². The van der Waals surface area contributed by atoms with Crippen molar-refractivity contribution in [2.75, 3.05) is 20.3 Å². The Balaban J connectivity index is 2.47. The van der Waals surface area contributed by atoms with Crippen molar-refractivity contribution in [2.24, 2.45) is 10.7 Å². The van der Waals surface area contributed by atoms with Crippen LogP contribution in [0.15, 0.2) is 23.2 Å². The summed E-state index contributed by atoms with van der Waals surface area (Å²) < 4.78 is 4.88. The van der Waals surface area contributed by atoms with Gasteiger partial charge in [0.05, 0.1) is 13.2 Å². The number of rotatable bonds is 5. The molecule has 0 saturated heterocycles. The first-order valence-electron chi connectivity index (χ1n) is 4.99. The van der Waals surface area contributed by atoms with E-state index < -0.39 is 0 Å². The smallest absolute Gasteiger partial charge is 0.154 e. The zero-order valence-electron chi connectivity index (χ0n) is 9.45. The number of aliphatic imine (C=N–C) groups is 1. The van der Waals surface area contributed by atoms with E-state index in [0.29, 0.717) is 34.1 Å². The number of thioether (sulfide) groups is 1. The predicted molar refractivity (Wildman–Crippen MR) is 76.1 cm³/mol. The Hall–Kier alpha value is -0.420. The van der Waals surface area contributed by atoms with Crippen LogP contribution in [0.1, 0.15) is 5.56 Å². The number of nitrogens with zero attached hydrogens (tertiary/aromatic N) is 1. The minimum absolute atomic E-state index is 0.535. The fraction of sp³-hybridized carbons (Fsp3) is 0.364. The number of amidine groups is 1. The Kier molecular flexibility index (Phi) is 6.73. The molecule has 0 aromatic heterocycles. The van der Waals surface area contributed by atoms with Crippen LogP contribution >= 0.6 is 35.0 Å². The highest BCUT2D eigenvalue weighted by molar-refractivity contribution is 8.13. The lowest BCUT2D eigenvalue weighted by Crippen LogP contribution is -2.09. The zero-order chi connectivity index (χ0) is 12.7. The van der Waals surface area contributed by atoms with Gasteiger partial charge in [0.25, 0.3) is 0 Å². The van der Waals surface area contributed by atoms with E-state index in [1.165, 1.54) is 11.8 Å². The fourth-order valence-corrected chi connectivity index (χ4v) is 2.38. The van der Waals surface area contributed by atoms with Crippen molar-refractivity contribution in [2.45, 2.75) is 5.75 Å². The lowest BCUT2D eigenvalue weighted by Gasteiger charge is -2.04. The molecule has 3 nitrogen and oxygen atoms in total. The summed E-state index contributed by atoms with van der Waals surface area (Å²) in [7, 11) is 1.63. The molecule has 94 valence electrons. The van der Waals surface area contributed by atoms with E-state index in [-0.39, 0.29) is 0 Å². The Labute approximate surface area is 115 Å². The molecule has 0 aliphatic heterocycles. The number of halogens is 2. The molecule has 1 rings (SSSR count). The summed E-state index contributed by atoms with van der Waals surface area (Å²) in [5, 5.41) is 1.81. The average molecular weight is 293 g/mol. The highest BCUT2D eigenvalue weighted by Gasteiger charge is 2.02. The van der Waals surface area contributed by atoms with Crippen LogP contribution in [0.2, 0.25) is 10.0 Å². The molecule has 0 aliphatic rings. The first-order valence-corrected chi connectivity index (χ1v) is 6.73. The summed E-state index contributed by atoms with van der Waals surface area (Å²) >= 11 is 13.3. The standard InChI is InChI=1S/C11H14Cl2N2OS/c1-16-5-4-15-11(14)17-7-8-2-3-9(12)6-10(8)13/h2-3,6H,4-5,7H2,1H3,(H2,14,15). The van der Waals surface area contributed by atoms with Crippen molar-refractivity contribution >= 4 is 40.1 Å². The van der Waals surface area contributed by atoms with Gasteiger partial charge in [-0.05, 0) is 17.7 Å². The summed E-state index contributed by atoms with van der Waals surface area (Å²) in [6.07, 6.45) is 0. The van der Waals surface area contributed by atoms with Crippen LogP contribution in [0, 0.1) is 0 Å². The van der Waals surface area contributed by atoms with Gasteiger partial charge in [0, 0.05) is 22.9 Å². The first kappa shape index (κ1) is 14.6. The highest BCUT2D eigenvalue weighted by Crippen LogP contribution is 2.24. The third-order valence-electron chi connectivity index (χ3n) is 1.95. The number of ether oxygens (including phenoxy) is 1. The van der Waals surface area contributed by atoms with Gasteiger partial charge in [0.15, 0.2) is 5.17 Å². The van der Waals surface area contributed by atoms with Gasteiger partial charge in [0.2, 0.25) is 0 Å². The zero-order valence-corrected chi connectivity index (χ0v) is 11.8. The van der Waals surface area contributed by atoms with Crippen molar-refractivity contribution in [3.05, 3.63) is 33.8 Å². The van der Waals surface area contributed by atoms with Crippen molar-refractivity contribution in [1.82, 2.24) is 0 Å². The van der Waals surface area contributed by atoms with Gasteiger partial charge in [0.1, 0.15) is 0 Å². The van der Waals surface area contributed by atoms with Crippen molar-refractivity contribution < 1.29 is 4.74 Å². The molecule has 0 spiro atoms. The molecule has 2 N–H and O–H groups in total. The quantitative estimate of drug-likeness (QED) is 0.515. The van der Waals surface area contributed by atoms with Crippen LogP contribution in [0.3, 0.4) is 0 Å². The Morgan fingerprint density at radius 2 is 2.24 bits per heavy atom. The van der Waals surface area contributed by atoms with E-state index in [1.54, 1.807) is 13.2 Å². The fourth-order valence-electron chi connectivity index (χ4n) is 1.08. The summed E-state index contributed by atoms with van der Waals surface area (Å²) in [6.45, 7) is 1.15. The second-order valence-electron chi connectivity index (χ2n) is 3.24. The maximum atomic E-state index is 6.04. The Morgan fingerprint density at radius 3 is 2.88 bits per heavy atom. The molecule has 0 bridgehead atoms. The molecule has 0 amide bonds. The molecule has 17 heavy (non-hydrogen) atoms. The van der Waals surface area contributed by atoms with E-state index in [4.69, 9.17) is 33.7 Å². The molecule has 0 fully saturated rings. The van der Waals surface area contributed by atoms with Gasteiger partial charge in [-0.1, -0.05) is 41.0 Å². The normalized spacial score (nSPS) is 11.8. The molecular weight excluding hydrogens is 279 g/mol. The number of hydrogen-bond donors (Lipinski definition) is 1. The molecule has 0 unspecified atom stereocenters. The van der Waals surface area contributed by atoms with Gasteiger partial charge < -0.3 is 10.5 Å². The highest BCUT2D eigenvalue weighted by atomic mass is 35.5. The summed E-state index contributed by atoms with van der Waals surface area (Å²) in [5.74, 6) is 0.679. The minimum Gasteiger partial charge on any atom is -0.383 e. The van der Waals surface area contributed by atoms with Crippen LogP contribution in [0.25, 0.3) is 0 Å². The van der Waals surface area contributed by atoms with Crippen LogP contribution < -0.4 is 5.73 Å². The molecular formula is C11H14Cl2N2OS. The molecule has 1 aromatic rings. The third-order valence-corrected chi connectivity index (χ3v) is 3.42. The van der Waals surface area contributed by atoms with Crippen LogP contribution in [-0.4, -0.2) is 25.4 Å². The summed E-state index contributed by atoms with van der Waals surface area (Å²) in [5.41, 5.74) is 6.72. The molecule has 0 heterocycles. The first-order chi connectivity index (χ1) is 8.13. The van der Waals surface area contributed by atoms with Crippen molar-refractivity contribution in [3.63, 3.8) is 0 Å². The van der Waals surface area contributed by atoms with E-state index >= 15 is 0 Å². The van der Waals surface area contributed by atoms with Crippen LogP contribution in [0.4, 0.5) is 0 Å². The number of methoxy groups -OCH3 is 1. The van der Waals surface area contributed by atoms with Gasteiger partial charge in [-0.3, -0.25) is 4.99 Å². The van der Waals surface area contributed by atoms with E-state index in [0.717, 1.165) is 5.56 Å². The van der Waals surface area contributed by atoms with Gasteiger partial charge in [-0.25, -0.2) is 0 Å². The number of nitrogens with two attached hydrogens (primary N) is 1. The number of hydrogen-bond acceptors (Lipinski definition) is 3. The monoisotopic (exact) mass is 292 g/mol. The lowest BCUT2D eigenvalue weighted by molar-refractivity contribution is 0.208. The lowest BCUT2D eigenvalue weighted by atomic mass is 10.2. The van der Waals surface area contributed by atoms with E-state index in [1.807, 2.05) is 12.1 Å². The Bertz CT molecular complexity index is 399. The summed E-state index contributed by atoms with van der Waals surface area (Å²) in [4.78, 5) is 4.14. The van der Waals surface area contributed by atoms with Crippen LogP contribution in [0.5, 0.6) is 0 Å². The van der Waals surface area contributed by atoms with Crippen LogP contribution in [-0.2, 0) is 10.5 Å². The van der Waals surface area contributed by atoms with Gasteiger partial charge in [-0.15, -0.1) is 0 Å². The number of benzene rings is 1. The van der Waals surface area contributed by atoms with Crippen molar-refractivity contribution in [3.8, 4) is 0 Å². The molecule has 0 saturated carbocycles. The minimum atomic E-state index is 0.535. The maximum Gasteiger partial charge on any atom is 0.154 e. The Morgan fingerprint density at radius 1 is 1.47 bits per heavy atom. The van der Waals surface area contributed by atoms with E-state index in [2.05, 4.69) is 4.99 Å². The average Bonchev–Trinajstić information content (AvgIpc) is 2.28. The summed E-state index contributed by atoms with van der Waals surface area (Å²) in [6, 6.07) is 5.42. The second kappa shape index (κ2) is 7.82. The largest absolute Gasteiger partial charge is 0.383 e. The van der Waals surface area contributed by atoms with E-state index in [9.17, 15) is 0 Å². The second-order valence-corrected chi connectivity index (χ2v) is 5.08.